The van der Waals surface area contributed by atoms with Crippen LogP contribution in [0.15, 0.2) is 30.0 Å². The van der Waals surface area contributed by atoms with E-state index in [1.807, 2.05) is 22.9 Å². The molecule has 16 heavy (non-hydrogen) atoms. The Kier molecular flexibility index (Phi) is 2.00. The summed E-state index contributed by atoms with van der Waals surface area (Å²) < 4.78 is 15.0. The Balaban J connectivity index is 2.19. The molecular formula is C11H8FN3S. The molecule has 0 radical (unpaired) electrons. The van der Waals surface area contributed by atoms with Gasteiger partial charge in [-0.15, -0.1) is 11.3 Å². The fourth-order valence-corrected chi connectivity index (χ4v) is 2.44. The monoisotopic (exact) mass is 233 g/mol. The molecule has 0 aliphatic carbocycles. The number of imidazole rings is 1. The average Bonchev–Trinajstić information content (AvgIpc) is 2.81. The minimum absolute atomic E-state index is 0.342. The molecule has 0 bridgehead atoms. The fourth-order valence-electron chi connectivity index (χ4n) is 1.58. The Hall–Kier alpha value is -1.75. The summed E-state index contributed by atoms with van der Waals surface area (Å²) in [6, 6.07) is 1.44. The van der Waals surface area contributed by atoms with E-state index in [1.165, 1.54) is 12.3 Å². The minimum atomic E-state index is -0.342. The van der Waals surface area contributed by atoms with E-state index in [9.17, 15) is 4.39 Å². The van der Waals surface area contributed by atoms with Gasteiger partial charge < -0.3 is 0 Å². The summed E-state index contributed by atoms with van der Waals surface area (Å²) in [5, 5.41) is 2.04. The van der Waals surface area contributed by atoms with Crippen molar-refractivity contribution in [3.05, 3.63) is 41.5 Å². The Morgan fingerprint density at radius 1 is 1.38 bits per heavy atom. The highest BCUT2D eigenvalue weighted by molar-refractivity contribution is 7.15. The smallest absolute Gasteiger partial charge is 0.194 e. The van der Waals surface area contributed by atoms with Crippen molar-refractivity contribution in [1.29, 1.82) is 0 Å². The molecule has 3 rings (SSSR count). The van der Waals surface area contributed by atoms with Crippen LogP contribution in [0.1, 0.15) is 5.69 Å². The molecule has 5 heteroatoms. The van der Waals surface area contributed by atoms with E-state index in [4.69, 9.17) is 0 Å². The van der Waals surface area contributed by atoms with Gasteiger partial charge in [-0.1, -0.05) is 0 Å². The average molecular weight is 233 g/mol. The number of halogens is 1. The molecular weight excluding hydrogens is 225 g/mol. The van der Waals surface area contributed by atoms with Gasteiger partial charge in [0.2, 0.25) is 0 Å². The second kappa shape index (κ2) is 3.38. The van der Waals surface area contributed by atoms with E-state index in [0.29, 0.717) is 5.56 Å². The third kappa shape index (κ3) is 1.40. The lowest BCUT2D eigenvalue weighted by Crippen LogP contribution is -1.83. The first kappa shape index (κ1) is 9.47. The van der Waals surface area contributed by atoms with Crippen molar-refractivity contribution in [2.45, 2.75) is 6.92 Å². The van der Waals surface area contributed by atoms with Crippen LogP contribution in [0.2, 0.25) is 0 Å². The number of hydrogen-bond acceptors (Lipinski definition) is 3. The van der Waals surface area contributed by atoms with E-state index in [1.54, 1.807) is 17.5 Å². The normalized spacial score (nSPS) is 11.1. The molecule has 0 atom stereocenters. The molecule has 3 nitrogen and oxygen atoms in total. The number of pyridine rings is 1. The van der Waals surface area contributed by atoms with Gasteiger partial charge in [0.15, 0.2) is 4.96 Å². The zero-order chi connectivity index (χ0) is 11.1. The van der Waals surface area contributed by atoms with Gasteiger partial charge in [-0.05, 0) is 13.0 Å². The molecule has 3 heterocycles. The van der Waals surface area contributed by atoms with Gasteiger partial charge in [0.05, 0.1) is 11.9 Å². The van der Waals surface area contributed by atoms with Crippen LogP contribution in [0.3, 0.4) is 0 Å². The number of thiazole rings is 1. The fraction of sp³-hybridized carbons (Fsp3) is 0.0909. The first-order valence-corrected chi connectivity index (χ1v) is 5.66. The quantitative estimate of drug-likeness (QED) is 0.647. The lowest BCUT2D eigenvalue weighted by Gasteiger charge is -1.94. The van der Waals surface area contributed by atoms with Gasteiger partial charge >= 0.3 is 0 Å². The molecule has 0 aromatic carbocycles. The van der Waals surface area contributed by atoms with Crippen molar-refractivity contribution in [2.24, 2.45) is 0 Å². The molecule has 0 aliphatic rings. The summed E-state index contributed by atoms with van der Waals surface area (Å²) in [5.74, 6) is -0.342. The molecule has 0 amide bonds. The van der Waals surface area contributed by atoms with Crippen LogP contribution in [0.5, 0.6) is 0 Å². The molecule has 80 valence electrons. The van der Waals surface area contributed by atoms with Crippen LogP contribution in [0.4, 0.5) is 4.39 Å². The van der Waals surface area contributed by atoms with Gasteiger partial charge in [-0.3, -0.25) is 9.38 Å². The van der Waals surface area contributed by atoms with Crippen LogP contribution in [0, 0.1) is 12.7 Å². The Morgan fingerprint density at radius 3 is 3.00 bits per heavy atom. The van der Waals surface area contributed by atoms with Gasteiger partial charge in [0.25, 0.3) is 0 Å². The highest BCUT2D eigenvalue weighted by Crippen LogP contribution is 2.22. The van der Waals surface area contributed by atoms with Crippen molar-refractivity contribution >= 4 is 16.3 Å². The second-order valence-electron chi connectivity index (χ2n) is 3.55. The van der Waals surface area contributed by atoms with Crippen molar-refractivity contribution in [2.75, 3.05) is 0 Å². The number of aryl methyl sites for hydroxylation is 1. The van der Waals surface area contributed by atoms with Gasteiger partial charge in [0, 0.05) is 29.0 Å². The summed E-state index contributed by atoms with van der Waals surface area (Å²) in [7, 11) is 0. The van der Waals surface area contributed by atoms with Crippen molar-refractivity contribution in [1.82, 2.24) is 14.4 Å². The topological polar surface area (TPSA) is 30.2 Å². The molecule has 3 aromatic rings. The lowest BCUT2D eigenvalue weighted by molar-refractivity contribution is 0.622. The predicted molar refractivity (Wildman–Crippen MR) is 61.0 cm³/mol. The van der Waals surface area contributed by atoms with Gasteiger partial charge in [0.1, 0.15) is 5.82 Å². The zero-order valence-corrected chi connectivity index (χ0v) is 9.33. The second-order valence-corrected chi connectivity index (χ2v) is 4.38. The maximum atomic E-state index is 13.0. The van der Waals surface area contributed by atoms with Gasteiger partial charge in [-0.25, -0.2) is 9.37 Å². The first-order valence-electron chi connectivity index (χ1n) is 4.78. The van der Waals surface area contributed by atoms with Crippen LogP contribution < -0.4 is 0 Å². The largest absolute Gasteiger partial charge is 0.294 e. The molecule has 0 saturated heterocycles. The molecule has 0 unspecified atom stereocenters. The predicted octanol–water partition coefficient (Wildman–Crippen LogP) is 2.91. The molecule has 0 spiro atoms. The van der Waals surface area contributed by atoms with E-state index in [-0.39, 0.29) is 5.82 Å². The molecule has 3 aromatic heterocycles. The number of nitrogens with zero attached hydrogens (tertiary/aromatic N) is 3. The van der Waals surface area contributed by atoms with Crippen molar-refractivity contribution < 1.29 is 4.39 Å². The summed E-state index contributed by atoms with van der Waals surface area (Å²) in [6.07, 6.45) is 4.70. The Labute approximate surface area is 95.2 Å². The maximum Gasteiger partial charge on any atom is 0.194 e. The molecule has 0 aliphatic heterocycles. The number of rotatable bonds is 1. The highest BCUT2D eigenvalue weighted by Gasteiger charge is 2.08. The summed E-state index contributed by atoms with van der Waals surface area (Å²) in [6.45, 7) is 2.01. The van der Waals surface area contributed by atoms with Crippen LogP contribution >= 0.6 is 11.3 Å². The summed E-state index contributed by atoms with van der Waals surface area (Å²) in [5.41, 5.74) is 2.58. The van der Waals surface area contributed by atoms with Crippen LogP contribution in [-0.4, -0.2) is 14.4 Å². The third-order valence-corrected chi connectivity index (χ3v) is 3.35. The van der Waals surface area contributed by atoms with Crippen LogP contribution in [0.25, 0.3) is 16.2 Å². The van der Waals surface area contributed by atoms with Gasteiger partial charge in [-0.2, -0.15) is 0 Å². The molecule has 0 fully saturated rings. The van der Waals surface area contributed by atoms with Crippen molar-refractivity contribution in [3.8, 4) is 11.3 Å². The van der Waals surface area contributed by atoms with E-state index >= 15 is 0 Å². The third-order valence-electron chi connectivity index (χ3n) is 2.39. The van der Waals surface area contributed by atoms with Crippen molar-refractivity contribution in [3.63, 3.8) is 0 Å². The Morgan fingerprint density at radius 2 is 2.25 bits per heavy atom. The zero-order valence-electron chi connectivity index (χ0n) is 8.51. The number of aromatic nitrogens is 3. The van der Waals surface area contributed by atoms with Crippen LogP contribution in [-0.2, 0) is 0 Å². The number of hydrogen-bond donors (Lipinski definition) is 0. The number of fused-ring (bicyclic) bond motifs is 1. The minimum Gasteiger partial charge on any atom is -0.294 e. The van der Waals surface area contributed by atoms with E-state index in [0.717, 1.165) is 16.3 Å². The SMILES string of the molecule is Cc1csc2nc(-c3cncc(F)c3)cn12. The van der Waals surface area contributed by atoms with E-state index < -0.39 is 0 Å². The molecule has 0 saturated carbocycles. The summed E-state index contributed by atoms with van der Waals surface area (Å²) in [4.78, 5) is 9.15. The highest BCUT2D eigenvalue weighted by atomic mass is 32.1. The maximum absolute atomic E-state index is 13.0. The first-order chi connectivity index (χ1) is 7.74. The summed E-state index contributed by atoms with van der Waals surface area (Å²) >= 11 is 1.57. The Bertz CT molecular complexity index is 656. The molecule has 0 N–H and O–H groups in total. The standard InChI is InChI=1S/C11H8FN3S/c1-7-6-16-11-14-10(5-15(7)11)8-2-9(12)4-13-3-8/h2-6H,1H3. The lowest BCUT2D eigenvalue weighted by atomic mass is 10.2. The van der Waals surface area contributed by atoms with E-state index in [2.05, 4.69) is 9.97 Å².